The van der Waals surface area contributed by atoms with E-state index >= 15 is 0 Å². The summed E-state index contributed by atoms with van der Waals surface area (Å²) in [4.78, 5) is 2.47. The number of nitrogens with two attached hydrogens (primary N) is 1. The molecule has 0 bridgehead atoms. The minimum atomic E-state index is 0.709. The summed E-state index contributed by atoms with van der Waals surface area (Å²) in [6.45, 7) is 2.72. The number of hydrogen-bond acceptors (Lipinski definition) is 4. The van der Waals surface area contributed by atoms with Crippen LogP contribution in [0.15, 0.2) is 36.4 Å². The van der Waals surface area contributed by atoms with Crippen molar-refractivity contribution in [1.29, 1.82) is 0 Å². The zero-order valence-electron chi connectivity index (χ0n) is 14.1. The van der Waals surface area contributed by atoms with E-state index in [0.717, 1.165) is 37.0 Å². The van der Waals surface area contributed by atoms with Gasteiger partial charge in [-0.15, -0.1) is 5.10 Å². The van der Waals surface area contributed by atoms with Gasteiger partial charge in [0.25, 0.3) is 0 Å². The van der Waals surface area contributed by atoms with Crippen LogP contribution in [0, 0.1) is 0 Å². The van der Waals surface area contributed by atoms with Crippen LogP contribution >= 0.6 is 0 Å². The lowest BCUT2D eigenvalue weighted by Crippen LogP contribution is -2.28. The molecule has 0 atom stereocenters. The van der Waals surface area contributed by atoms with Crippen molar-refractivity contribution in [2.75, 3.05) is 18.0 Å². The molecule has 0 spiro atoms. The molecule has 0 unspecified atom stereocenters. The molecule has 24 heavy (non-hydrogen) atoms. The van der Waals surface area contributed by atoms with Gasteiger partial charge in [-0.3, -0.25) is 0 Å². The van der Waals surface area contributed by atoms with Gasteiger partial charge in [-0.25, -0.2) is 4.68 Å². The maximum atomic E-state index is 5.69. The summed E-state index contributed by atoms with van der Waals surface area (Å²) in [5.41, 5.74) is 13.2. The summed E-state index contributed by atoms with van der Waals surface area (Å²) in [5.74, 6) is 0. The number of aryl methyl sites for hydroxylation is 2. The molecule has 0 amide bonds. The van der Waals surface area contributed by atoms with Crippen molar-refractivity contribution in [2.45, 2.75) is 25.8 Å². The molecule has 5 nitrogen and oxygen atoms in total. The highest BCUT2D eigenvalue weighted by molar-refractivity contribution is 5.75. The highest BCUT2D eigenvalue weighted by Crippen LogP contribution is 2.29. The van der Waals surface area contributed by atoms with E-state index in [-0.39, 0.29) is 0 Å². The molecule has 0 saturated heterocycles. The van der Waals surface area contributed by atoms with Gasteiger partial charge in [0, 0.05) is 25.8 Å². The highest BCUT2D eigenvalue weighted by Gasteiger charge is 2.17. The van der Waals surface area contributed by atoms with Crippen LogP contribution in [0.2, 0.25) is 0 Å². The maximum Gasteiger partial charge on any atom is 0.113 e. The first-order valence-corrected chi connectivity index (χ1v) is 8.60. The quantitative estimate of drug-likeness (QED) is 0.802. The molecule has 0 saturated carbocycles. The topological polar surface area (TPSA) is 60.0 Å². The number of aromatic nitrogens is 3. The minimum Gasteiger partial charge on any atom is -0.367 e. The standard InChI is InChI=1S/C19H23N5/c1-23-19-7-5-15(12-17(19)21-22-23)13-24-10-2-3-16-11-14(8-9-20)4-6-18(16)24/h4-7,11-12H,2-3,8-10,13,20H2,1H3. The zero-order valence-corrected chi connectivity index (χ0v) is 14.1. The third-order valence-corrected chi connectivity index (χ3v) is 4.84. The lowest BCUT2D eigenvalue weighted by molar-refractivity contribution is 0.690. The van der Waals surface area contributed by atoms with Gasteiger partial charge in [-0.2, -0.15) is 0 Å². The van der Waals surface area contributed by atoms with E-state index in [1.165, 1.54) is 28.8 Å². The number of anilines is 1. The molecule has 1 aliphatic rings. The third kappa shape index (κ3) is 2.76. The Morgan fingerprint density at radius 2 is 2.00 bits per heavy atom. The number of hydrogen-bond donors (Lipinski definition) is 1. The number of nitrogens with zero attached hydrogens (tertiary/aromatic N) is 4. The molecule has 124 valence electrons. The van der Waals surface area contributed by atoms with Crippen LogP contribution in [0.1, 0.15) is 23.1 Å². The summed E-state index contributed by atoms with van der Waals surface area (Å²) in [6.07, 6.45) is 3.32. The molecule has 3 aromatic rings. The van der Waals surface area contributed by atoms with Crippen molar-refractivity contribution in [3.05, 3.63) is 53.1 Å². The lowest BCUT2D eigenvalue weighted by atomic mass is 9.97. The molecule has 0 radical (unpaired) electrons. The van der Waals surface area contributed by atoms with Gasteiger partial charge < -0.3 is 10.6 Å². The average Bonchev–Trinajstić information content (AvgIpc) is 2.96. The molecule has 1 aromatic heterocycles. The van der Waals surface area contributed by atoms with Crippen molar-refractivity contribution in [3.8, 4) is 0 Å². The lowest BCUT2D eigenvalue weighted by Gasteiger charge is -2.32. The van der Waals surface area contributed by atoms with Gasteiger partial charge >= 0.3 is 0 Å². The van der Waals surface area contributed by atoms with Gasteiger partial charge in [-0.05, 0) is 60.7 Å². The van der Waals surface area contributed by atoms with Crippen LogP contribution in [-0.4, -0.2) is 28.1 Å². The van der Waals surface area contributed by atoms with Crippen molar-refractivity contribution < 1.29 is 0 Å². The summed E-state index contributed by atoms with van der Waals surface area (Å²) in [5, 5.41) is 8.32. The second-order valence-corrected chi connectivity index (χ2v) is 6.56. The first-order valence-electron chi connectivity index (χ1n) is 8.60. The minimum absolute atomic E-state index is 0.709. The first kappa shape index (κ1) is 15.1. The molecule has 0 fully saturated rings. The molecule has 1 aliphatic heterocycles. The monoisotopic (exact) mass is 321 g/mol. The highest BCUT2D eigenvalue weighted by atomic mass is 15.4. The maximum absolute atomic E-state index is 5.69. The molecule has 2 aromatic carbocycles. The molecular weight excluding hydrogens is 298 g/mol. The summed E-state index contributed by atoms with van der Waals surface area (Å²) in [6, 6.07) is 13.3. The van der Waals surface area contributed by atoms with Crippen molar-refractivity contribution in [1.82, 2.24) is 15.0 Å². The SMILES string of the molecule is Cn1nnc2cc(CN3CCCc4cc(CCN)ccc43)ccc21. The number of benzene rings is 2. The van der Waals surface area contributed by atoms with E-state index in [4.69, 9.17) is 5.73 Å². The van der Waals surface area contributed by atoms with E-state index in [2.05, 4.69) is 51.6 Å². The normalized spacial score (nSPS) is 14.2. The second kappa shape index (κ2) is 6.24. The Balaban J connectivity index is 1.60. The number of fused-ring (bicyclic) bond motifs is 2. The Morgan fingerprint density at radius 3 is 2.88 bits per heavy atom. The summed E-state index contributed by atoms with van der Waals surface area (Å²) in [7, 11) is 1.93. The Labute approximate surface area is 142 Å². The first-order chi connectivity index (χ1) is 11.7. The van der Waals surface area contributed by atoms with E-state index in [9.17, 15) is 0 Å². The summed E-state index contributed by atoms with van der Waals surface area (Å²) < 4.78 is 1.81. The van der Waals surface area contributed by atoms with Crippen molar-refractivity contribution in [2.24, 2.45) is 12.8 Å². The fourth-order valence-corrected chi connectivity index (χ4v) is 3.62. The predicted octanol–water partition coefficient (Wildman–Crippen LogP) is 2.42. The molecule has 4 rings (SSSR count). The van der Waals surface area contributed by atoms with Gasteiger partial charge in [0.15, 0.2) is 0 Å². The van der Waals surface area contributed by atoms with Crippen molar-refractivity contribution in [3.63, 3.8) is 0 Å². The zero-order chi connectivity index (χ0) is 16.5. The fourth-order valence-electron chi connectivity index (χ4n) is 3.62. The van der Waals surface area contributed by atoms with E-state index in [1.807, 2.05) is 11.7 Å². The molecule has 2 N–H and O–H groups in total. The molecule has 5 heteroatoms. The fraction of sp³-hybridized carbons (Fsp3) is 0.368. The van der Waals surface area contributed by atoms with Gasteiger partial charge in [0.2, 0.25) is 0 Å². The molecular formula is C19H23N5. The van der Waals surface area contributed by atoms with Crippen LogP contribution in [0.4, 0.5) is 5.69 Å². The molecule has 0 aliphatic carbocycles. The Morgan fingerprint density at radius 1 is 1.12 bits per heavy atom. The summed E-state index contributed by atoms with van der Waals surface area (Å²) >= 11 is 0. The Hall–Kier alpha value is -2.40. The van der Waals surface area contributed by atoms with Gasteiger partial charge in [0.05, 0.1) is 5.52 Å². The van der Waals surface area contributed by atoms with Crippen LogP contribution in [-0.2, 0) is 26.4 Å². The van der Waals surface area contributed by atoms with Crippen LogP contribution in [0.5, 0.6) is 0 Å². The Kier molecular flexibility index (Phi) is 3.94. The third-order valence-electron chi connectivity index (χ3n) is 4.84. The van der Waals surface area contributed by atoms with Gasteiger partial charge in [0.1, 0.15) is 5.52 Å². The largest absolute Gasteiger partial charge is 0.367 e. The average molecular weight is 321 g/mol. The predicted molar refractivity (Wildman–Crippen MR) is 97.1 cm³/mol. The van der Waals surface area contributed by atoms with Crippen LogP contribution < -0.4 is 10.6 Å². The molecule has 2 heterocycles. The van der Waals surface area contributed by atoms with E-state index < -0.39 is 0 Å². The van der Waals surface area contributed by atoms with Crippen LogP contribution in [0.25, 0.3) is 11.0 Å². The number of rotatable bonds is 4. The van der Waals surface area contributed by atoms with E-state index in [0.29, 0.717) is 6.54 Å². The second-order valence-electron chi connectivity index (χ2n) is 6.56. The van der Waals surface area contributed by atoms with Gasteiger partial charge in [-0.1, -0.05) is 23.4 Å². The smallest absolute Gasteiger partial charge is 0.113 e. The Bertz CT molecular complexity index is 867. The van der Waals surface area contributed by atoms with E-state index in [1.54, 1.807) is 0 Å². The van der Waals surface area contributed by atoms with Crippen molar-refractivity contribution >= 4 is 16.7 Å². The van der Waals surface area contributed by atoms with Crippen LogP contribution in [0.3, 0.4) is 0 Å².